The molecule has 0 unspecified atom stereocenters. The highest BCUT2D eigenvalue weighted by Crippen LogP contribution is 2.11. The number of aromatic nitrogens is 1. The van der Waals surface area contributed by atoms with Crippen LogP contribution < -0.4 is 5.73 Å². The Labute approximate surface area is 135 Å². The van der Waals surface area contributed by atoms with Gasteiger partial charge in [-0.05, 0) is 18.6 Å². The molecule has 1 aromatic carbocycles. The van der Waals surface area contributed by atoms with Gasteiger partial charge in [0.1, 0.15) is 0 Å². The normalized spacial score (nSPS) is 12.3. The molecular formula is C17H22N4S. The third-order valence-corrected chi connectivity index (χ3v) is 4.08. The van der Waals surface area contributed by atoms with Crippen molar-refractivity contribution in [1.82, 2.24) is 4.98 Å². The Bertz CT molecular complexity index is 652. The van der Waals surface area contributed by atoms with Crippen molar-refractivity contribution in [1.29, 1.82) is 0 Å². The van der Waals surface area contributed by atoms with E-state index in [4.69, 9.17) is 5.73 Å². The van der Waals surface area contributed by atoms with Crippen molar-refractivity contribution in [3.05, 3.63) is 42.1 Å². The predicted octanol–water partition coefficient (Wildman–Crippen LogP) is 4.20. The quantitative estimate of drug-likeness (QED) is 0.360. The van der Waals surface area contributed by atoms with Crippen LogP contribution in [0.3, 0.4) is 0 Å². The van der Waals surface area contributed by atoms with Crippen molar-refractivity contribution in [2.24, 2.45) is 15.9 Å². The Morgan fingerprint density at radius 1 is 1.18 bits per heavy atom. The molecule has 0 radical (unpaired) electrons. The molecule has 0 saturated heterocycles. The van der Waals surface area contributed by atoms with E-state index in [2.05, 4.69) is 22.1 Å². The van der Waals surface area contributed by atoms with Crippen LogP contribution >= 0.6 is 11.8 Å². The summed E-state index contributed by atoms with van der Waals surface area (Å²) in [6, 6.07) is 11.9. The van der Waals surface area contributed by atoms with E-state index in [-0.39, 0.29) is 0 Å². The van der Waals surface area contributed by atoms with Crippen molar-refractivity contribution in [2.75, 3.05) is 5.75 Å². The monoisotopic (exact) mass is 314 g/mol. The first-order chi connectivity index (χ1) is 10.8. The summed E-state index contributed by atoms with van der Waals surface area (Å²) in [6.07, 6.45) is 6.59. The summed E-state index contributed by atoms with van der Waals surface area (Å²) in [4.78, 5) is 4.50. The number of rotatable bonds is 7. The van der Waals surface area contributed by atoms with Crippen LogP contribution in [0.1, 0.15) is 38.3 Å². The lowest BCUT2D eigenvalue weighted by molar-refractivity contribution is 0.707. The minimum Gasteiger partial charge on any atom is -0.377 e. The van der Waals surface area contributed by atoms with Gasteiger partial charge in [-0.3, -0.25) is 0 Å². The first-order valence-electron chi connectivity index (χ1n) is 7.64. The van der Waals surface area contributed by atoms with Crippen LogP contribution in [0.4, 0.5) is 0 Å². The lowest BCUT2D eigenvalue weighted by atomic mass is 10.2. The molecule has 1 aromatic heterocycles. The van der Waals surface area contributed by atoms with E-state index in [9.17, 15) is 0 Å². The lowest BCUT2D eigenvalue weighted by Crippen LogP contribution is -2.06. The molecule has 0 saturated carbocycles. The zero-order chi connectivity index (χ0) is 15.6. The van der Waals surface area contributed by atoms with E-state index < -0.39 is 0 Å². The Balaban J connectivity index is 1.85. The lowest BCUT2D eigenvalue weighted by Gasteiger charge is -1.99. The molecule has 2 aromatic rings. The Hall–Kier alpha value is -1.88. The summed E-state index contributed by atoms with van der Waals surface area (Å²) in [5, 5.41) is 9.65. The van der Waals surface area contributed by atoms with Gasteiger partial charge in [0, 0.05) is 11.1 Å². The summed E-state index contributed by atoms with van der Waals surface area (Å²) >= 11 is 1.56. The van der Waals surface area contributed by atoms with E-state index >= 15 is 0 Å². The molecule has 0 aliphatic heterocycles. The van der Waals surface area contributed by atoms with Gasteiger partial charge in [0.05, 0.1) is 17.4 Å². The maximum Gasteiger partial charge on any atom is 0.180 e. The van der Waals surface area contributed by atoms with Crippen LogP contribution in [0.5, 0.6) is 0 Å². The third kappa shape index (κ3) is 5.48. The van der Waals surface area contributed by atoms with Crippen molar-refractivity contribution in [2.45, 2.75) is 32.6 Å². The molecular weight excluding hydrogens is 292 g/mol. The minimum absolute atomic E-state index is 0.508. The molecule has 22 heavy (non-hydrogen) atoms. The molecule has 4 nitrogen and oxygen atoms in total. The number of fused-ring (bicyclic) bond motifs is 1. The van der Waals surface area contributed by atoms with E-state index in [0.717, 1.165) is 22.3 Å². The van der Waals surface area contributed by atoms with Gasteiger partial charge in [-0.15, -0.1) is 5.10 Å². The predicted molar refractivity (Wildman–Crippen MR) is 97.6 cm³/mol. The van der Waals surface area contributed by atoms with Gasteiger partial charge >= 0.3 is 0 Å². The van der Waals surface area contributed by atoms with Crippen LogP contribution in [0.15, 0.2) is 46.6 Å². The molecule has 0 aliphatic rings. The van der Waals surface area contributed by atoms with E-state index in [1.165, 1.54) is 25.7 Å². The Morgan fingerprint density at radius 2 is 2.05 bits per heavy atom. The number of hydrogen-bond acceptors (Lipinski definition) is 4. The SMILES string of the molecule is CCCCCCS/C(N)=N/N=C/c1ccc2ccccc2n1. The second kappa shape index (κ2) is 9.20. The molecule has 116 valence electrons. The standard InChI is InChI=1S/C17H22N4S/c1-2-3-4-7-12-22-17(18)21-19-13-15-11-10-14-8-5-6-9-16(14)20-15/h5-6,8-11,13H,2-4,7,12H2,1H3,(H2,18,21)/b19-13+. The van der Waals surface area contributed by atoms with E-state index in [0.29, 0.717) is 5.17 Å². The van der Waals surface area contributed by atoms with Crippen molar-refractivity contribution >= 4 is 34.0 Å². The topological polar surface area (TPSA) is 63.6 Å². The molecule has 2 rings (SSSR count). The number of hydrogen-bond donors (Lipinski definition) is 1. The molecule has 0 fully saturated rings. The Morgan fingerprint density at radius 3 is 2.91 bits per heavy atom. The zero-order valence-corrected chi connectivity index (χ0v) is 13.7. The summed E-state index contributed by atoms with van der Waals surface area (Å²) in [5.74, 6) is 0.999. The summed E-state index contributed by atoms with van der Waals surface area (Å²) in [5.41, 5.74) is 7.56. The molecule has 2 N–H and O–H groups in total. The van der Waals surface area contributed by atoms with Gasteiger partial charge in [-0.2, -0.15) is 5.10 Å². The summed E-state index contributed by atoms with van der Waals surface area (Å²) < 4.78 is 0. The number of benzene rings is 1. The number of nitrogens with two attached hydrogens (primary N) is 1. The minimum atomic E-state index is 0.508. The van der Waals surface area contributed by atoms with Crippen molar-refractivity contribution in [3.63, 3.8) is 0 Å². The average Bonchev–Trinajstić information content (AvgIpc) is 2.54. The average molecular weight is 314 g/mol. The van der Waals surface area contributed by atoms with Crippen LogP contribution in [-0.2, 0) is 0 Å². The fraction of sp³-hybridized carbons (Fsp3) is 0.353. The first-order valence-corrected chi connectivity index (χ1v) is 8.63. The molecule has 1 heterocycles. The van der Waals surface area contributed by atoms with Crippen molar-refractivity contribution in [3.8, 4) is 0 Å². The first kappa shape index (κ1) is 16.5. The fourth-order valence-electron chi connectivity index (χ4n) is 2.03. The molecule has 5 heteroatoms. The van der Waals surface area contributed by atoms with Gasteiger partial charge in [0.2, 0.25) is 0 Å². The van der Waals surface area contributed by atoms with Gasteiger partial charge < -0.3 is 5.73 Å². The fourth-order valence-corrected chi connectivity index (χ4v) is 2.70. The van der Waals surface area contributed by atoms with Gasteiger partial charge in [-0.25, -0.2) is 4.98 Å². The van der Waals surface area contributed by atoms with Crippen LogP contribution in [0, 0.1) is 0 Å². The molecule has 0 aliphatic carbocycles. The second-order valence-corrected chi connectivity index (χ2v) is 6.14. The number of pyridine rings is 1. The summed E-state index contributed by atoms with van der Waals surface area (Å²) in [6.45, 7) is 2.21. The largest absolute Gasteiger partial charge is 0.377 e. The number of para-hydroxylation sites is 1. The highest BCUT2D eigenvalue weighted by Gasteiger charge is 1.96. The van der Waals surface area contributed by atoms with Gasteiger partial charge in [0.25, 0.3) is 0 Å². The number of unbranched alkanes of at least 4 members (excludes halogenated alkanes) is 3. The smallest absolute Gasteiger partial charge is 0.180 e. The second-order valence-electron chi connectivity index (χ2n) is 5.02. The number of amidine groups is 1. The third-order valence-electron chi connectivity index (χ3n) is 3.21. The van der Waals surface area contributed by atoms with Gasteiger partial charge in [0.15, 0.2) is 5.17 Å². The molecule has 0 spiro atoms. The highest BCUT2D eigenvalue weighted by molar-refractivity contribution is 8.13. The van der Waals surface area contributed by atoms with E-state index in [1.807, 2.05) is 36.4 Å². The number of thioether (sulfide) groups is 1. The summed E-state index contributed by atoms with van der Waals surface area (Å²) in [7, 11) is 0. The maximum absolute atomic E-state index is 5.82. The molecule has 0 amide bonds. The van der Waals surface area contributed by atoms with Gasteiger partial charge in [-0.1, -0.05) is 62.2 Å². The number of nitrogens with zero attached hydrogens (tertiary/aromatic N) is 3. The molecule has 0 atom stereocenters. The van der Waals surface area contributed by atoms with Crippen LogP contribution in [0.25, 0.3) is 10.9 Å². The zero-order valence-electron chi connectivity index (χ0n) is 12.9. The molecule has 0 bridgehead atoms. The Kier molecular flexibility index (Phi) is 6.90. The van der Waals surface area contributed by atoms with Crippen LogP contribution in [-0.4, -0.2) is 22.1 Å². The van der Waals surface area contributed by atoms with E-state index in [1.54, 1.807) is 18.0 Å². The highest BCUT2D eigenvalue weighted by atomic mass is 32.2. The van der Waals surface area contributed by atoms with Crippen LogP contribution in [0.2, 0.25) is 0 Å². The maximum atomic E-state index is 5.82. The van der Waals surface area contributed by atoms with Crippen molar-refractivity contribution < 1.29 is 0 Å².